The number of ether oxygens (including phenoxy) is 2. The number of hydrogen-bond acceptors (Lipinski definition) is 3. The van der Waals surface area contributed by atoms with Crippen molar-refractivity contribution in [2.75, 3.05) is 14.2 Å². The van der Waals surface area contributed by atoms with Gasteiger partial charge in [0.15, 0.2) is 0 Å². The summed E-state index contributed by atoms with van der Waals surface area (Å²) in [5.74, 6) is -0.172. The molecule has 2 unspecified atom stereocenters. The topological polar surface area (TPSA) is 35.5 Å². The molecule has 0 aliphatic rings. The Labute approximate surface area is 106 Å². The van der Waals surface area contributed by atoms with Gasteiger partial charge in [-0.05, 0) is 0 Å². The van der Waals surface area contributed by atoms with Crippen molar-refractivity contribution in [3.8, 4) is 0 Å². The molecule has 0 bridgehead atoms. The fraction of sp³-hybridized carbons (Fsp3) is 0.364. The van der Waals surface area contributed by atoms with Gasteiger partial charge in [0.2, 0.25) is 0 Å². The molecule has 1 aromatic rings. The van der Waals surface area contributed by atoms with E-state index in [1.807, 2.05) is 30.3 Å². The average molecular weight is 394 g/mol. The zero-order valence-electron chi connectivity index (χ0n) is 8.97. The number of carbonyl (C=O) groups is 1. The Hall–Kier alpha value is -0.415. The zero-order chi connectivity index (χ0) is 11.3. The molecule has 0 aromatic heterocycles. The Morgan fingerprint density at radius 2 is 1.87 bits per heavy atom. The van der Waals surface area contributed by atoms with Gasteiger partial charge in [0, 0.05) is 0 Å². The molecule has 0 aliphatic carbocycles. The van der Waals surface area contributed by atoms with Gasteiger partial charge in [0.25, 0.3) is 0 Å². The van der Waals surface area contributed by atoms with Gasteiger partial charge in [0.1, 0.15) is 0 Å². The standard InChI is InChI=1S/C11H13O3.Hg/c1-13-10(8-11(12)14-2)9-6-4-3-5-7-9;/h3-8,10H,1-2H3;. The van der Waals surface area contributed by atoms with E-state index in [2.05, 4.69) is 0 Å². The van der Waals surface area contributed by atoms with E-state index in [-0.39, 0.29) is 41.6 Å². The number of carbonyl (C=O) groups excluding carboxylic acids is 1. The summed E-state index contributed by atoms with van der Waals surface area (Å²) < 4.78 is 10.0. The van der Waals surface area contributed by atoms with Gasteiger partial charge < -0.3 is 0 Å². The van der Waals surface area contributed by atoms with E-state index in [4.69, 9.17) is 9.47 Å². The van der Waals surface area contributed by atoms with Gasteiger partial charge in [-0.3, -0.25) is 0 Å². The first-order valence-corrected chi connectivity index (χ1v) is 7.86. The second kappa shape index (κ2) is 6.23. The number of hydrogen-bond donors (Lipinski definition) is 0. The Bertz CT molecular complexity index is 313. The predicted molar refractivity (Wildman–Crippen MR) is 52.0 cm³/mol. The van der Waals surface area contributed by atoms with E-state index in [9.17, 15) is 4.79 Å². The fourth-order valence-electron chi connectivity index (χ4n) is 1.45. The second-order valence-corrected chi connectivity index (χ2v) is 6.62. The first-order chi connectivity index (χ1) is 7.20. The normalized spacial score (nSPS) is 14.4. The Balaban J connectivity index is 2.85. The molecule has 0 spiro atoms. The molecule has 0 fully saturated rings. The Kier molecular flexibility index (Phi) is 5.25. The van der Waals surface area contributed by atoms with Crippen LogP contribution in [0, 0.1) is 0 Å². The average Bonchev–Trinajstić information content (AvgIpc) is 2.30. The molecule has 4 heteroatoms. The van der Waals surface area contributed by atoms with E-state index < -0.39 is 0 Å². The van der Waals surface area contributed by atoms with Crippen LogP contribution in [0.1, 0.15) is 11.7 Å². The van der Waals surface area contributed by atoms with Crippen molar-refractivity contribution >= 4 is 5.97 Å². The van der Waals surface area contributed by atoms with Crippen molar-refractivity contribution in [1.29, 1.82) is 0 Å². The summed E-state index contributed by atoms with van der Waals surface area (Å²) in [4.78, 5) is 11.4. The van der Waals surface area contributed by atoms with Crippen LogP contribution in [0.15, 0.2) is 30.3 Å². The summed E-state index contributed by atoms with van der Waals surface area (Å²) >= 11 is 0.276. The first kappa shape index (κ1) is 12.7. The second-order valence-electron chi connectivity index (χ2n) is 3.20. The van der Waals surface area contributed by atoms with Gasteiger partial charge in [-0.25, -0.2) is 0 Å². The Morgan fingerprint density at radius 1 is 1.27 bits per heavy atom. The van der Waals surface area contributed by atoms with Gasteiger partial charge >= 0.3 is 106 Å². The predicted octanol–water partition coefficient (Wildman–Crippen LogP) is 1.88. The van der Waals surface area contributed by atoms with Gasteiger partial charge in [0.05, 0.1) is 0 Å². The van der Waals surface area contributed by atoms with Crippen molar-refractivity contribution in [3.63, 3.8) is 0 Å². The third kappa shape index (κ3) is 3.28. The molecule has 1 rings (SSSR count). The van der Waals surface area contributed by atoms with Gasteiger partial charge in [-0.15, -0.1) is 0 Å². The fourth-order valence-corrected chi connectivity index (χ4v) is 3.90. The molecule has 1 aromatic carbocycles. The Morgan fingerprint density at radius 3 is 2.33 bits per heavy atom. The summed E-state index contributed by atoms with van der Waals surface area (Å²) in [6, 6.07) is 9.77. The van der Waals surface area contributed by atoms with Crippen molar-refractivity contribution in [2.24, 2.45) is 0 Å². The van der Waals surface area contributed by atoms with E-state index in [1.165, 1.54) is 7.11 Å². The number of benzene rings is 1. The molecule has 0 N–H and O–H groups in total. The van der Waals surface area contributed by atoms with Crippen LogP contribution < -0.4 is 0 Å². The molecule has 0 saturated carbocycles. The van der Waals surface area contributed by atoms with Crippen molar-refractivity contribution in [1.82, 2.24) is 0 Å². The van der Waals surface area contributed by atoms with E-state index >= 15 is 0 Å². The quantitative estimate of drug-likeness (QED) is 0.579. The molecule has 3 nitrogen and oxygen atoms in total. The SMILES string of the molecule is COC(=O)[CH]([Hg])C(OC)c1ccccc1. The molecule has 0 radical (unpaired) electrons. The van der Waals surface area contributed by atoms with Crippen molar-refractivity contribution in [2.45, 2.75) is 9.53 Å². The number of esters is 1. The summed E-state index contributed by atoms with van der Waals surface area (Å²) in [7, 11) is 3.04. The van der Waals surface area contributed by atoms with Crippen LogP contribution in [-0.4, -0.2) is 20.2 Å². The third-order valence-corrected chi connectivity index (χ3v) is 5.21. The number of rotatable bonds is 4. The molecule has 77 valence electrons. The molecule has 0 amide bonds. The molecule has 0 saturated heterocycles. The van der Waals surface area contributed by atoms with E-state index in [0.29, 0.717) is 0 Å². The maximum absolute atomic E-state index is 11.4. The van der Waals surface area contributed by atoms with Crippen LogP contribution in [-0.2, 0) is 40.4 Å². The third-order valence-electron chi connectivity index (χ3n) is 2.25. The van der Waals surface area contributed by atoms with Crippen LogP contribution >= 0.6 is 0 Å². The monoisotopic (exact) mass is 395 g/mol. The van der Waals surface area contributed by atoms with E-state index in [1.54, 1.807) is 7.11 Å². The van der Waals surface area contributed by atoms with Crippen LogP contribution in [0.5, 0.6) is 0 Å². The minimum atomic E-state index is -0.172. The summed E-state index contributed by atoms with van der Waals surface area (Å²) in [6.45, 7) is 0. The van der Waals surface area contributed by atoms with E-state index in [0.717, 1.165) is 5.56 Å². The molecule has 0 aliphatic heterocycles. The minimum absolute atomic E-state index is 0.109. The molecule has 0 heterocycles. The zero-order valence-corrected chi connectivity index (χ0v) is 14.5. The van der Waals surface area contributed by atoms with Crippen LogP contribution in [0.4, 0.5) is 0 Å². The molecular formula is C11H13HgO3. The van der Waals surface area contributed by atoms with Crippen LogP contribution in [0.2, 0.25) is 3.43 Å². The molecule has 2 atom stereocenters. The summed E-state index contributed by atoms with van der Waals surface area (Å²) in [5.41, 5.74) is 1.03. The first-order valence-electron chi connectivity index (χ1n) is 4.69. The summed E-state index contributed by atoms with van der Waals surface area (Å²) in [6.07, 6.45) is -0.165. The summed E-state index contributed by atoms with van der Waals surface area (Å²) in [5, 5.41) is 0. The van der Waals surface area contributed by atoms with Crippen LogP contribution in [0.25, 0.3) is 0 Å². The molecular weight excluding hydrogens is 381 g/mol. The molecule has 15 heavy (non-hydrogen) atoms. The number of methoxy groups -OCH3 is 2. The van der Waals surface area contributed by atoms with Crippen LogP contribution in [0.3, 0.4) is 0 Å². The van der Waals surface area contributed by atoms with Gasteiger partial charge in [-0.2, -0.15) is 0 Å². The van der Waals surface area contributed by atoms with Crippen molar-refractivity contribution in [3.05, 3.63) is 35.9 Å². The van der Waals surface area contributed by atoms with Gasteiger partial charge in [-0.1, -0.05) is 0 Å². The maximum atomic E-state index is 11.4. The van der Waals surface area contributed by atoms with Crippen molar-refractivity contribution < 1.29 is 40.4 Å².